The van der Waals surface area contributed by atoms with E-state index in [4.69, 9.17) is 5.11 Å². The Morgan fingerprint density at radius 3 is 2.00 bits per heavy atom. The van der Waals surface area contributed by atoms with Crippen LogP contribution in [0.2, 0.25) is 0 Å². The smallest absolute Gasteiger partial charge is 0.332 e. The van der Waals surface area contributed by atoms with E-state index < -0.39 is 24.3 Å². The Kier molecular flexibility index (Phi) is 3.43. The first-order valence-electron chi connectivity index (χ1n) is 2.73. The van der Waals surface area contributed by atoms with Gasteiger partial charge in [-0.3, -0.25) is 4.79 Å². The lowest BCUT2D eigenvalue weighted by molar-refractivity contribution is -0.145. The van der Waals surface area contributed by atoms with E-state index in [0.717, 1.165) is 6.92 Å². The maximum Gasteiger partial charge on any atom is 0.332 e. The number of halogens is 2. The summed E-state index contributed by atoms with van der Waals surface area (Å²) in [6.07, 6.45) is -3.09. The van der Waals surface area contributed by atoms with Crippen LogP contribution < -0.4 is 5.32 Å². The van der Waals surface area contributed by atoms with Crippen molar-refractivity contribution in [2.24, 2.45) is 0 Å². The Morgan fingerprint density at radius 1 is 1.45 bits per heavy atom. The third-order valence-corrected chi connectivity index (χ3v) is 0.877. The van der Waals surface area contributed by atoms with Gasteiger partial charge in [-0.2, -0.15) is 0 Å². The van der Waals surface area contributed by atoms with Crippen LogP contribution in [0.5, 0.6) is 0 Å². The number of carbonyl (C=O) groups is 2. The van der Waals surface area contributed by atoms with E-state index in [-0.39, 0.29) is 0 Å². The second kappa shape index (κ2) is 3.85. The zero-order valence-electron chi connectivity index (χ0n) is 5.67. The summed E-state index contributed by atoms with van der Waals surface area (Å²) in [7, 11) is 0. The number of aliphatic carboxylic acids is 1. The van der Waals surface area contributed by atoms with E-state index in [0.29, 0.717) is 0 Å². The average Bonchev–Trinajstić information content (AvgIpc) is 1.81. The van der Waals surface area contributed by atoms with Crippen LogP contribution in [0, 0.1) is 0 Å². The highest BCUT2D eigenvalue weighted by atomic mass is 19.3. The first kappa shape index (κ1) is 9.80. The molecule has 4 nitrogen and oxygen atoms in total. The normalized spacial score (nSPS) is 12.7. The summed E-state index contributed by atoms with van der Waals surface area (Å²) in [5.74, 6) is -2.53. The predicted molar refractivity (Wildman–Crippen MR) is 31.2 cm³/mol. The predicted octanol–water partition coefficient (Wildman–Crippen LogP) is -0.159. The van der Waals surface area contributed by atoms with E-state index in [1.54, 1.807) is 5.32 Å². The molecule has 6 heteroatoms. The maximum atomic E-state index is 11.7. The van der Waals surface area contributed by atoms with Crippen LogP contribution in [-0.2, 0) is 9.59 Å². The Hall–Kier alpha value is -1.20. The molecule has 0 aliphatic rings. The molecular weight excluding hydrogens is 160 g/mol. The largest absolute Gasteiger partial charge is 0.480 e. The standard InChI is InChI=1S/C5H7F2NO3/c1-2(9)8-3(4(6)7)5(10)11/h3-4H,1H3,(H,8,9)(H,10,11). The molecule has 0 aromatic rings. The van der Waals surface area contributed by atoms with Crippen LogP contribution in [0.3, 0.4) is 0 Å². The molecule has 0 aliphatic heterocycles. The summed E-state index contributed by atoms with van der Waals surface area (Å²) in [6, 6.07) is -2.10. The van der Waals surface area contributed by atoms with Crippen LogP contribution in [0.4, 0.5) is 8.78 Å². The van der Waals surface area contributed by atoms with Crippen molar-refractivity contribution in [3.8, 4) is 0 Å². The van der Waals surface area contributed by atoms with Crippen molar-refractivity contribution in [2.45, 2.75) is 19.4 Å². The third kappa shape index (κ3) is 3.49. The molecule has 1 atom stereocenters. The minimum Gasteiger partial charge on any atom is -0.480 e. The fraction of sp³-hybridized carbons (Fsp3) is 0.600. The fourth-order valence-electron chi connectivity index (χ4n) is 0.451. The number of carbonyl (C=O) groups excluding carboxylic acids is 1. The van der Waals surface area contributed by atoms with E-state index in [2.05, 4.69) is 0 Å². The van der Waals surface area contributed by atoms with Crippen LogP contribution in [0.25, 0.3) is 0 Å². The molecule has 0 aliphatic carbocycles. The van der Waals surface area contributed by atoms with Gasteiger partial charge in [0.1, 0.15) is 0 Å². The number of hydrogen-bond acceptors (Lipinski definition) is 2. The summed E-state index contributed by atoms with van der Waals surface area (Å²) >= 11 is 0. The van der Waals surface area contributed by atoms with Gasteiger partial charge in [-0.05, 0) is 0 Å². The average molecular weight is 167 g/mol. The molecule has 64 valence electrons. The van der Waals surface area contributed by atoms with Gasteiger partial charge in [-0.25, -0.2) is 13.6 Å². The highest BCUT2D eigenvalue weighted by molar-refractivity contribution is 5.82. The third-order valence-electron chi connectivity index (χ3n) is 0.877. The number of rotatable bonds is 3. The van der Waals surface area contributed by atoms with Gasteiger partial charge in [0.2, 0.25) is 5.91 Å². The van der Waals surface area contributed by atoms with Gasteiger partial charge in [0, 0.05) is 6.92 Å². The SMILES string of the molecule is CC(=O)NC(C(=O)O)C(F)F. The molecule has 0 heterocycles. The minimum atomic E-state index is -3.09. The lowest BCUT2D eigenvalue weighted by Crippen LogP contribution is -2.44. The molecule has 2 N–H and O–H groups in total. The molecule has 0 fully saturated rings. The number of nitrogens with one attached hydrogen (secondary N) is 1. The lowest BCUT2D eigenvalue weighted by Gasteiger charge is -2.10. The quantitative estimate of drug-likeness (QED) is 0.613. The van der Waals surface area contributed by atoms with Gasteiger partial charge < -0.3 is 10.4 Å². The highest BCUT2D eigenvalue weighted by Gasteiger charge is 2.28. The van der Waals surface area contributed by atoms with Crippen LogP contribution >= 0.6 is 0 Å². The molecule has 0 radical (unpaired) electrons. The first-order chi connectivity index (χ1) is 4.95. The van der Waals surface area contributed by atoms with E-state index >= 15 is 0 Å². The topological polar surface area (TPSA) is 66.4 Å². The fourth-order valence-corrected chi connectivity index (χ4v) is 0.451. The lowest BCUT2D eigenvalue weighted by atomic mass is 10.3. The molecule has 0 saturated heterocycles. The summed E-state index contributed by atoms with van der Waals surface area (Å²) in [6.45, 7) is 0.971. The molecule has 0 spiro atoms. The van der Waals surface area contributed by atoms with Crippen LogP contribution in [0.1, 0.15) is 6.92 Å². The van der Waals surface area contributed by atoms with Crippen molar-refractivity contribution in [1.82, 2.24) is 5.32 Å². The van der Waals surface area contributed by atoms with Gasteiger partial charge in [0.15, 0.2) is 6.04 Å². The van der Waals surface area contributed by atoms with Crippen molar-refractivity contribution in [1.29, 1.82) is 0 Å². The second-order valence-corrected chi connectivity index (χ2v) is 1.85. The highest BCUT2D eigenvalue weighted by Crippen LogP contribution is 2.00. The molecule has 0 rings (SSSR count). The Balaban J connectivity index is 4.12. The Labute approximate surface area is 61.2 Å². The summed E-state index contributed by atoms with van der Waals surface area (Å²) in [5, 5.41) is 9.69. The zero-order valence-corrected chi connectivity index (χ0v) is 5.67. The van der Waals surface area contributed by atoms with Gasteiger partial charge >= 0.3 is 5.97 Å². The summed E-state index contributed by atoms with van der Waals surface area (Å²) in [5.41, 5.74) is 0. The van der Waals surface area contributed by atoms with E-state index in [1.807, 2.05) is 0 Å². The van der Waals surface area contributed by atoms with Crippen molar-refractivity contribution >= 4 is 11.9 Å². The molecule has 0 saturated carbocycles. The minimum absolute atomic E-state index is 0.794. The van der Waals surface area contributed by atoms with E-state index in [1.165, 1.54) is 0 Å². The molecule has 11 heavy (non-hydrogen) atoms. The Morgan fingerprint density at radius 2 is 1.91 bits per heavy atom. The van der Waals surface area contributed by atoms with Crippen molar-refractivity contribution < 1.29 is 23.5 Å². The molecular formula is C5H7F2NO3. The van der Waals surface area contributed by atoms with Gasteiger partial charge in [-0.15, -0.1) is 0 Å². The monoisotopic (exact) mass is 167 g/mol. The van der Waals surface area contributed by atoms with Crippen LogP contribution in [0.15, 0.2) is 0 Å². The maximum absolute atomic E-state index is 11.7. The molecule has 1 unspecified atom stereocenters. The number of carboxylic acids is 1. The van der Waals surface area contributed by atoms with Crippen molar-refractivity contribution in [3.63, 3.8) is 0 Å². The van der Waals surface area contributed by atoms with Crippen LogP contribution in [-0.4, -0.2) is 29.5 Å². The van der Waals surface area contributed by atoms with Gasteiger partial charge in [0.05, 0.1) is 0 Å². The summed E-state index contributed by atoms with van der Waals surface area (Å²) < 4.78 is 23.4. The first-order valence-corrected chi connectivity index (χ1v) is 2.73. The number of carboxylic acid groups (broad SMARTS) is 1. The molecule has 1 amide bonds. The van der Waals surface area contributed by atoms with Gasteiger partial charge in [0.25, 0.3) is 6.43 Å². The van der Waals surface area contributed by atoms with Crippen molar-refractivity contribution in [3.05, 3.63) is 0 Å². The number of amides is 1. The van der Waals surface area contributed by atoms with Crippen molar-refractivity contribution in [2.75, 3.05) is 0 Å². The van der Waals surface area contributed by atoms with Gasteiger partial charge in [-0.1, -0.05) is 0 Å². The molecule has 0 aromatic carbocycles. The zero-order chi connectivity index (χ0) is 9.02. The molecule has 0 aromatic heterocycles. The molecule has 0 bridgehead atoms. The second-order valence-electron chi connectivity index (χ2n) is 1.85. The Bertz CT molecular complexity index is 171. The summed E-state index contributed by atoms with van der Waals surface area (Å²) in [4.78, 5) is 20.1. The number of alkyl halides is 2. The number of hydrogen-bond donors (Lipinski definition) is 2. The van der Waals surface area contributed by atoms with E-state index in [9.17, 15) is 18.4 Å².